The molecule has 5 aromatic rings. The summed E-state index contributed by atoms with van der Waals surface area (Å²) >= 11 is 0. The van der Waals surface area contributed by atoms with Crippen LogP contribution in [0.25, 0.3) is 27.9 Å². The molecule has 5 rings (SSSR count). The largest absolute Gasteiger partial charge is 0.384 e. The number of fused-ring (bicyclic) bond motifs is 2. The first kappa shape index (κ1) is 20.2. The van der Waals surface area contributed by atoms with Crippen LogP contribution in [0, 0.1) is 6.92 Å². The van der Waals surface area contributed by atoms with Gasteiger partial charge in [0.1, 0.15) is 16.2 Å². The van der Waals surface area contributed by atoms with E-state index in [1.54, 1.807) is 28.8 Å². The minimum atomic E-state index is -3.93. The van der Waals surface area contributed by atoms with Crippen LogP contribution in [-0.4, -0.2) is 23.0 Å². The van der Waals surface area contributed by atoms with Gasteiger partial charge in [0.25, 0.3) is 0 Å². The fourth-order valence-corrected chi connectivity index (χ4v) is 5.40. The number of nitrogen functional groups attached to an aromatic ring is 1. The molecular weight excluding hydrogens is 420 g/mol. The molecular formula is C25H22N4O2S. The smallest absolute Gasteiger partial charge is 0.212 e. The fourth-order valence-electron chi connectivity index (χ4n) is 3.91. The number of nitrogens with zero attached hydrogens (tertiary/aromatic N) is 3. The summed E-state index contributed by atoms with van der Waals surface area (Å²) < 4.78 is 29.1. The maximum Gasteiger partial charge on any atom is 0.212 e. The standard InChI is InChI=1S/C25H22N4O2S/c1-3-17-7-6-8-18(15-17)29-24(26)23(32(30,31)19-13-11-16(2)12-14-19)22-25(29)28-21-10-5-4-9-20(21)27-22/h4-15H,3,26H2,1-2H3. The highest BCUT2D eigenvalue weighted by Gasteiger charge is 2.30. The van der Waals surface area contributed by atoms with Crippen molar-refractivity contribution >= 4 is 37.9 Å². The minimum absolute atomic E-state index is 0.0171. The third-order valence-corrected chi connectivity index (χ3v) is 7.46. The van der Waals surface area contributed by atoms with Crippen molar-refractivity contribution in [2.24, 2.45) is 0 Å². The Hall–Kier alpha value is -3.71. The van der Waals surface area contributed by atoms with E-state index < -0.39 is 9.84 Å². The van der Waals surface area contributed by atoms with Crippen LogP contribution >= 0.6 is 0 Å². The van der Waals surface area contributed by atoms with E-state index in [-0.39, 0.29) is 21.1 Å². The van der Waals surface area contributed by atoms with Crippen molar-refractivity contribution in [1.29, 1.82) is 0 Å². The molecule has 2 heterocycles. The van der Waals surface area contributed by atoms with E-state index in [4.69, 9.17) is 15.7 Å². The lowest BCUT2D eigenvalue weighted by Crippen LogP contribution is -2.07. The Labute approximate surface area is 186 Å². The number of nitrogens with two attached hydrogens (primary N) is 1. The first-order chi connectivity index (χ1) is 15.4. The summed E-state index contributed by atoms with van der Waals surface area (Å²) in [5, 5.41) is 0. The molecule has 32 heavy (non-hydrogen) atoms. The molecule has 0 aliphatic rings. The van der Waals surface area contributed by atoms with Crippen molar-refractivity contribution in [2.75, 3.05) is 5.73 Å². The van der Waals surface area contributed by atoms with Crippen molar-refractivity contribution in [2.45, 2.75) is 30.1 Å². The SMILES string of the molecule is CCc1cccc(-n2c(N)c(S(=O)(=O)c3ccc(C)cc3)c3nc4ccccc4nc32)c1. The molecule has 0 aliphatic heterocycles. The Morgan fingerprint density at radius 3 is 2.28 bits per heavy atom. The summed E-state index contributed by atoms with van der Waals surface area (Å²) in [5.41, 5.74) is 11.4. The lowest BCUT2D eigenvalue weighted by Gasteiger charge is -2.10. The Bertz CT molecular complexity index is 1590. The molecule has 0 saturated carbocycles. The van der Waals surface area contributed by atoms with E-state index in [1.807, 2.05) is 55.5 Å². The zero-order valence-electron chi connectivity index (χ0n) is 17.8. The van der Waals surface area contributed by atoms with Crippen molar-refractivity contribution in [3.05, 3.63) is 83.9 Å². The number of rotatable bonds is 4. The van der Waals surface area contributed by atoms with Gasteiger partial charge in [-0.05, 0) is 55.3 Å². The Balaban J connectivity index is 1.90. The highest BCUT2D eigenvalue weighted by Crippen LogP contribution is 2.37. The van der Waals surface area contributed by atoms with E-state index in [1.165, 1.54) is 0 Å². The molecule has 7 heteroatoms. The summed E-state index contributed by atoms with van der Waals surface area (Å²) in [6.07, 6.45) is 0.843. The second kappa shape index (κ2) is 7.46. The van der Waals surface area contributed by atoms with Gasteiger partial charge in [0.15, 0.2) is 5.65 Å². The zero-order valence-corrected chi connectivity index (χ0v) is 18.6. The van der Waals surface area contributed by atoms with Gasteiger partial charge in [-0.15, -0.1) is 0 Å². The van der Waals surface area contributed by atoms with Gasteiger partial charge in [-0.1, -0.05) is 48.9 Å². The molecule has 160 valence electrons. The van der Waals surface area contributed by atoms with Crippen LogP contribution in [0.15, 0.2) is 82.6 Å². The van der Waals surface area contributed by atoms with E-state index in [2.05, 4.69) is 6.92 Å². The summed E-state index contributed by atoms with van der Waals surface area (Å²) in [6, 6.07) is 22.0. The first-order valence-electron chi connectivity index (χ1n) is 10.4. The molecule has 0 spiro atoms. The molecule has 0 radical (unpaired) electrons. The van der Waals surface area contributed by atoms with Crippen LogP contribution in [0.1, 0.15) is 18.1 Å². The molecule has 2 N–H and O–H groups in total. The molecule has 0 fully saturated rings. The number of para-hydroxylation sites is 2. The van der Waals surface area contributed by atoms with Gasteiger partial charge in [0.2, 0.25) is 9.84 Å². The predicted molar refractivity (Wildman–Crippen MR) is 127 cm³/mol. The van der Waals surface area contributed by atoms with Crippen molar-refractivity contribution in [3.63, 3.8) is 0 Å². The van der Waals surface area contributed by atoms with Gasteiger partial charge in [-0.3, -0.25) is 4.57 Å². The predicted octanol–water partition coefficient (Wildman–Crippen LogP) is 4.86. The zero-order chi connectivity index (χ0) is 22.5. The molecule has 3 aromatic carbocycles. The first-order valence-corrected chi connectivity index (χ1v) is 11.9. The van der Waals surface area contributed by atoms with Crippen molar-refractivity contribution < 1.29 is 8.42 Å². The van der Waals surface area contributed by atoms with E-state index in [0.717, 1.165) is 23.2 Å². The Morgan fingerprint density at radius 2 is 1.59 bits per heavy atom. The molecule has 0 aliphatic carbocycles. The fraction of sp³-hybridized carbons (Fsp3) is 0.120. The van der Waals surface area contributed by atoms with Gasteiger partial charge in [0.05, 0.1) is 15.9 Å². The summed E-state index contributed by atoms with van der Waals surface area (Å²) in [5.74, 6) is 0.101. The lowest BCUT2D eigenvalue weighted by molar-refractivity contribution is 0.597. The number of hydrogen-bond donors (Lipinski definition) is 1. The topological polar surface area (TPSA) is 90.9 Å². The number of aromatic nitrogens is 3. The minimum Gasteiger partial charge on any atom is -0.384 e. The van der Waals surface area contributed by atoms with Crippen molar-refractivity contribution in [3.8, 4) is 5.69 Å². The van der Waals surface area contributed by atoms with Crippen LogP contribution in [0.5, 0.6) is 0 Å². The summed E-state index contributed by atoms with van der Waals surface area (Å²) in [7, 11) is -3.93. The van der Waals surface area contributed by atoms with Gasteiger partial charge in [0, 0.05) is 5.69 Å². The quantitative estimate of drug-likeness (QED) is 0.429. The average molecular weight is 443 g/mol. The van der Waals surface area contributed by atoms with Crippen LogP contribution in [0.2, 0.25) is 0 Å². The molecule has 0 unspecified atom stereocenters. The van der Waals surface area contributed by atoms with E-state index in [9.17, 15) is 8.42 Å². The number of hydrogen-bond acceptors (Lipinski definition) is 5. The molecule has 0 amide bonds. The Kier molecular flexibility index (Phi) is 4.71. The maximum atomic E-state index is 13.7. The monoisotopic (exact) mass is 442 g/mol. The highest BCUT2D eigenvalue weighted by atomic mass is 32.2. The molecule has 6 nitrogen and oxygen atoms in total. The molecule has 0 atom stereocenters. The second-order valence-electron chi connectivity index (χ2n) is 7.77. The van der Waals surface area contributed by atoms with Gasteiger partial charge < -0.3 is 5.73 Å². The van der Waals surface area contributed by atoms with Crippen molar-refractivity contribution in [1.82, 2.24) is 14.5 Å². The third kappa shape index (κ3) is 3.13. The van der Waals surface area contributed by atoms with E-state index >= 15 is 0 Å². The van der Waals surface area contributed by atoms with Crippen LogP contribution < -0.4 is 5.73 Å². The third-order valence-electron chi connectivity index (χ3n) is 5.63. The molecule has 0 bridgehead atoms. The van der Waals surface area contributed by atoms with Crippen LogP contribution in [0.4, 0.5) is 5.82 Å². The van der Waals surface area contributed by atoms with Crippen LogP contribution in [0.3, 0.4) is 0 Å². The van der Waals surface area contributed by atoms with Gasteiger partial charge >= 0.3 is 0 Å². The number of sulfone groups is 1. The van der Waals surface area contributed by atoms with Crippen LogP contribution in [-0.2, 0) is 16.3 Å². The molecule has 0 saturated heterocycles. The molecule has 2 aromatic heterocycles. The average Bonchev–Trinajstić information content (AvgIpc) is 3.09. The number of anilines is 1. The van der Waals surface area contributed by atoms with Gasteiger partial charge in [-0.25, -0.2) is 18.4 Å². The summed E-state index contributed by atoms with van der Waals surface area (Å²) in [6.45, 7) is 3.98. The summed E-state index contributed by atoms with van der Waals surface area (Å²) in [4.78, 5) is 9.62. The van der Waals surface area contributed by atoms with E-state index in [0.29, 0.717) is 16.7 Å². The Morgan fingerprint density at radius 1 is 0.906 bits per heavy atom. The number of aryl methyl sites for hydroxylation is 2. The maximum absolute atomic E-state index is 13.7. The highest BCUT2D eigenvalue weighted by molar-refractivity contribution is 7.92. The van der Waals surface area contributed by atoms with Gasteiger partial charge in [-0.2, -0.15) is 0 Å². The lowest BCUT2D eigenvalue weighted by atomic mass is 10.1. The number of benzene rings is 3. The second-order valence-corrected chi connectivity index (χ2v) is 9.66. The normalized spacial score (nSPS) is 11.9.